The second-order valence-electron chi connectivity index (χ2n) is 6.69. The number of piperazine rings is 1. The standard InChI is InChI=1S/C18H25F2N3OS.2ClH/c1-13(16-3-2-14(19)10-17(16)20)22-5-7-23(8-6-22)18(24)11-15-12-25-9-4-21-15;;/h2-3,10,13,15,21H,4-9,11-12H2,1H3;2*1H. The third kappa shape index (κ3) is 6.46. The largest absolute Gasteiger partial charge is 0.340 e. The van der Waals surface area contributed by atoms with Gasteiger partial charge in [-0.3, -0.25) is 9.69 Å². The number of nitrogens with zero attached hydrogens (tertiary/aromatic N) is 2. The molecular formula is C18H27Cl2F2N3OS. The van der Waals surface area contributed by atoms with E-state index in [4.69, 9.17) is 0 Å². The van der Waals surface area contributed by atoms with Crippen molar-refractivity contribution in [1.82, 2.24) is 15.1 Å². The van der Waals surface area contributed by atoms with E-state index in [-0.39, 0.29) is 42.8 Å². The molecule has 1 N–H and O–H groups in total. The van der Waals surface area contributed by atoms with E-state index >= 15 is 0 Å². The van der Waals surface area contributed by atoms with Crippen molar-refractivity contribution in [2.45, 2.75) is 25.4 Å². The van der Waals surface area contributed by atoms with Gasteiger partial charge in [0.05, 0.1) is 0 Å². The van der Waals surface area contributed by atoms with Crippen LogP contribution in [0.4, 0.5) is 8.78 Å². The summed E-state index contributed by atoms with van der Waals surface area (Å²) < 4.78 is 27.1. The molecule has 27 heavy (non-hydrogen) atoms. The SMILES string of the molecule is CC(c1ccc(F)cc1F)N1CCN(C(=O)CC2CSCCN2)CC1.Cl.Cl. The third-order valence-electron chi connectivity index (χ3n) is 5.05. The smallest absolute Gasteiger partial charge is 0.224 e. The molecule has 2 heterocycles. The average molecular weight is 442 g/mol. The molecule has 154 valence electrons. The van der Waals surface area contributed by atoms with Crippen molar-refractivity contribution in [1.29, 1.82) is 0 Å². The highest BCUT2D eigenvalue weighted by Crippen LogP contribution is 2.25. The predicted octanol–water partition coefficient (Wildman–Crippen LogP) is 3.11. The number of carbonyl (C=O) groups is 1. The molecule has 1 aromatic rings. The summed E-state index contributed by atoms with van der Waals surface area (Å²) in [5.41, 5.74) is 0.504. The molecule has 9 heteroatoms. The molecule has 2 unspecified atom stereocenters. The Kier molecular flexibility index (Phi) is 10.3. The third-order valence-corrected chi connectivity index (χ3v) is 6.18. The van der Waals surface area contributed by atoms with Crippen LogP contribution in [0, 0.1) is 11.6 Å². The Morgan fingerprint density at radius 3 is 2.56 bits per heavy atom. The van der Waals surface area contributed by atoms with Crippen LogP contribution >= 0.6 is 36.6 Å². The van der Waals surface area contributed by atoms with Crippen molar-refractivity contribution >= 4 is 42.5 Å². The van der Waals surface area contributed by atoms with Crippen molar-refractivity contribution in [3.05, 3.63) is 35.4 Å². The summed E-state index contributed by atoms with van der Waals surface area (Å²) in [5, 5.41) is 3.40. The highest BCUT2D eigenvalue weighted by atomic mass is 35.5. The lowest BCUT2D eigenvalue weighted by Crippen LogP contribution is -2.51. The molecule has 0 spiro atoms. The molecule has 2 saturated heterocycles. The Balaban J connectivity index is 0.00000182. The molecule has 0 radical (unpaired) electrons. The zero-order valence-electron chi connectivity index (χ0n) is 15.3. The van der Waals surface area contributed by atoms with E-state index in [1.54, 1.807) is 0 Å². The first kappa shape index (κ1) is 24.4. The fourth-order valence-electron chi connectivity index (χ4n) is 3.49. The molecule has 2 aliphatic rings. The number of hydrogen-bond donors (Lipinski definition) is 1. The summed E-state index contributed by atoms with van der Waals surface area (Å²) in [7, 11) is 0. The summed E-state index contributed by atoms with van der Waals surface area (Å²) in [6.45, 7) is 5.62. The zero-order chi connectivity index (χ0) is 17.8. The molecule has 2 fully saturated rings. The van der Waals surface area contributed by atoms with Crippen molar-refractivity contribution in [2.24, 2.45) is 0 Å². The van der Waals surface area contributed by atoms with Gasteiger partial charge in [0.2, 0.25) is 5.91 Å². The van der Waals surface area contributed by atoms with Gasteiger partial charge in [0.15, 0.2) is 0 Å². The van der Waals surface area contributed by atoms with Crippen molar-refractivity contribution in [3.63, 3.8) is 0 Å². The lowest BCUT2D eigenvalue weighted by Gasteiger charge is -2.39. The Morgan fingerprint density at radius 2 is 1.96 bits per heavy atom. The lowest BCUT2D eigenvalue weighted by molar-refractivity contribution is -0.133. The molecule has 1 aromatic carbocycles. The van der Waals surface area contributed by atoms with Crippen molar-refractivity contribution < 1.29 is 13.6 Å². The van der Waals surface area contributed by atoms with Crippen LogP contribution in [0.25, 0.3) is 0 Å². The van der Waals surface area contributed by atoms with Crippen LogP contribution in [-0.2, 0) is 4.79 Å². The highest BCUT2D eigenvalue weighted by molar-refractivity contribution is 7.99. The topological polar surface area (TPSA) is 35.6 Å². The number of thioether (sulfide) groups is 1. The number of amides is 1. The molecule has 4 nitrogen and oxygen atoms in total. The number of nitrogens with one attached hydrogen (secondary N) is 1. The Hall–Kier alpha value is -0.600. The van der Waals surface area contributed by atoms with E-state index in [9.17, 15) is 13.6 Å². The maximum atomic E-state index is 14.0. The molecule has 1 amide bonds. The number of rotatable bonds is 4. The van der Waals surface area contributed by atoms with Crippen LogP contribution in [0.15, 0.2) is 18.2 Å². The van der Waals surface area contributed by atoms with Crippen LogP contribution in [0.1, 0.15) is 24.9 Å². The van der Waals surface area contributed by atoms with Gasteiger partial charge in [0.1, 0.15) is 11.6 Å². The van der Waals surface area contributed by atoms with Crippen LogP contribution in [-0.4, -0.2) is 66.0 Å². The molecule has 0 aliphatic carbocycles. The minimum atomic E-state index is -0.557. The number of hydrogen-bond acceptors (Lipinski definition) is 4. The van der Waals surface area contributed by atoms with E-state index in [0.29, 0.717) is 38.2 Å². The van der Waals surface area contributed by atoms with E-state index in [1.165, 1.54) is 12.1 Å². The molecule has 2 atom stereocenters. The zero-order valence-corrected chi connectivity index (χ0v) is 17.8. The van der Waals surface area contributed by atoms with E-state index in [1.807, 2.05) is 23.6 Å². The first-order valence-electron chi connectivity index (χ1n) is 8.82. The first-order chi connectivity index (χ1) is 12.0. The summed E-state index contributed by atoms with van der Waals surface area (Å²) >= 11 is 1.89. The van der Waals surface area contributed by atoms with E-state index < -0.39 is 11.6 Å². The van der Waals surface area contributed by atoms with Crippen LogP contribution in [0.3, 0.4) is 0 Å². The maximum Gasteiger partial charge on any atom is 0.224 e. The molecule has 0 saturated carbocycles. The monoisotopic (exact) mass is 441 g/mol. The quantitative estimate of drug-likeness (QED) is 0.778. The Morgan fingerprint density at radius 1 is 1.26 bits per heavy atom. The second kappa shape index (κ2) is 11.4. The summed E-state index contributed by atoms with van der Waals surface area (Å²) in [6, 6.07) is 3.88. The summed E-state index contributed by atoms with van der Waals surface area (Å²) in [5.74, 6) is 1.24. The van der Waals surface area contributed by atoms with Gasteiger partial charge in [-0.25, -0.2) is 8.78 Å². The van der Waals surface area contributed by atoms with Crippen LogP contribution in [0.2, 0.25) is 0 Å². The van der Waals surface area contributed by atoms with Gasteiger partial charge in [-0.05, 0) is 13.0 Å². The normalized spacial score (nSPS) is 21.7. The van der Waals surface area contributed by atoms with Gasteiger partial charge in [-0.15, -0.1) is 24.8 Å². The van der Waals surface area contributed by atoms with Gasteiger partial charge in [-0.2, -0.15) is 11.8 Å². The van der Waals surface area contributed by atoms with Gasteiger partial charge >= 0.3 is 0 Å². The van der Waals surface area contributed by atoms with Crippen LogP contribution in [0.5, 0.6) is 0 Å². The molecule has 2 aliphatic heterocycles. The maximum absolute atomic E-state index is 14.0. The van der Waals surface area contributed by atoms with Gasteiger partial charge < -0.3 is 10.2 Å². The summed E-state index contributed by atoms with van der Waals surface area (Å²) in [4.78, 5) is 16.5. The molecular weight excluding hydrogens is 415 g/mol. The van der Waals surface area contributed by atoms with Crippen molar-refractivity contribution in [2.75, 3.05) is 44.2 Å². The molecule has 3 rings (SSSR count). The highest BCUT2D eigenvalue weighted by Gasteiger charge is 2.27. The summed E-state index contributed by atoms with van der Waals surface area (Å²) in [6.07, 6.45) is 0.551. The molecule has 0 aromatic heterocycles. The van der Waals surface area contributed by atoms with E-state index in [0.717, 1.165) is 24.1 Å². The molecule has 0 bridgehead atoms. The fraction of sp³-hybridized carbons (Fsp3) is 0.611. The average Bonchev–Trinajstić information content (AvgIpc) is 2.62. The lowest BCUT2D eigenvalue weighted by atomic mass is 10.0. The Bertz CT molecular complexity index is 612. The predicted molar refractivity (Wildman–Crippen MR) is 111 cm³/mol. The second-order valence-corrected chi connectivity index (χ2v) is 7.84. The van der Waals surface area contributed by atoms with Crippen molar-refractivity contribution in [3.8, 4) is 0 Å². The number of carbonyl (C=O) groups excluding carboxylic acids is 1. The van der Waals surface area contributed by atoms with Gasteiger partial charge in [-0.1, -0.05) is 6.07 Å². The number of benzene rings is 1. The van der Waals surface area contributed by atoms with Gasteiger partial charge in [0, 0.05) is 74.4 Å². The van der Waals surface area contributed by atoms with Crippen LogP contribution < -0.4 is 5.32 Å². The van der Waals surface area contributed by atoms with E-state index in [2.05, 4.69) is 10.2 Å². The van der Waals surface area contributed by atoms with Gasteiger partial charge in [0.25, 0.3) is 0 Å². The first-order valence-corrected chi connectivity index (χ1v) is 9.98. The fourth-order valence-corrected chi connectivity index (χ4v) is 4.44. The minimum absolute atomic E-state index is 0. The minimum Gasteiger partial charge on any atom is -0.340 e. The number of halogens is 4. The Labute approximate surface area is 176 Å².